The molecule has 0 bridgehead atoms. The molecule has 160 valence electrons. The van der Waals surface area contributed by atoms with Crippen molar-refractivity contribution in [1.29, 1.82) is 0 Å². The second-order valence-electron chi connectivity index (χ2n) is 7.21. The number of aryl methyl sites for hydroxylation is 1. The Morgan fingerprint density at radius 1 is 1.06 bits per heavy atom. The summed E-state index contributed by atoms with van der Waals surface area (Å²) in [6, 6.07) is 16.5. The van der Waals surface area contributed by atoms with E-state index in [2.05, 4.69) is 17.2 Å². The second kappa shape index (κ2) is 8.41. The third-order valence-electron chi connectivity index (χ3n) is 5.12. The maximum atomic E-state index is 13.0. The Balaban J connectivity index is 1.48. The highest BCUT2D eigenvalue weighted by atomic mass is 35.5. The minimum atomic E-state index is -0.350. The Kier molecular flexibility index (Phi) is 5.59. The molecule has 5 rings (SSSR count). The average Bonchev–Trinajstić information content (AvgIpc) is 3.35. The quantitative estimate of drug-likeness (QED) is 0.268. The molecule has 0 radical (unpaired) electrons. The molecule has 5 aromatic rings. The summed E-state index contributed by atoms with van der Waals surface area (Å²) in [5.74, 6) is 0.103. The third-order valence-corrected chi connectivity index (χ3v) is 7.34. The van der Waals surface area contributed by atoms with Gasteiger partial charge >= 0.3 is 0 Å². The van der Waals surface area contributed by atoms with Crippen molar-refractivity contribution in [1.82, 2.24) is 4.98 Å². The summed E-state index contributed by atoms with van der Waals surface area (Å²) in [5.41, 5.74) is 3.82. The van der Waals surface area contributed by atoms with E-state index in [9.17, 15) is 4.79 Å². The highest BCUT2D eigenvalue weighted by Gasteiger charge is 2.19. The van der Waals surface area contributed by atoms with Gasteiger partial charge in [-0.25, -0.2) is 4.98 Å². The van der Waals surface area contributed by atoms with Gasteiger partial charge in [-0.3, -0.25) is 4.79 Å². The molecule has 4 nitrogen and oxygen atoms in total. The first-order valence-corrected chi connectivity index (χ1v) is 11.8. The first-order valence-electron chi connectivity index (χ1n) is 9.81. The number of hydrogen-bond donors (Lipinski definition) is 1. The van der Waals surface area contributed by atoms with Crippen molar-refractivity contribution in [2.24, 2.45) is 0 Å². The predicted octanol–water partition coefficient (Wildman–Crippen LogP) is 8.48. The molecule has 0 aliphatic rings. The van der Waals surface area contributed by atoms with Crippen LogP contribution in [-0.2, 0) is 6.42 Å². The summed E-state index contributed by atoms with van der Waals surface area (Å²) in [7, 11) is 0. The molecule has 0 saturated carbocycles. The number of oxazole rings is 1. The normalized spacial score (nSPS) is 11.4. The maximum Gasteiger partial charge on any atom is 0.267 e. The SMILES string of the molecule is CCc1ccc2oc(-c3ccc(Cl)c(NC(=O)c4sc5cc(Cl)ccc5c4Cl)c3)nc2c1. The van der Waals surface area contributed by atoms with Crippen LogP contribution in [0.15, 0.2) is 59.0 Å². The summed E-state index contributed by atoms with van der Waals surface area (Å²) >= 11 is 20.2. The van der Waals surface area contributed by atoms with E-state index in [1.165, 1.54) is 16.9 Å². The Bertz CT molecular complexity index is 1510. The fourth-order valence-electron chi connectivity index (χ4n) is 3.43. The van der Waals surface area contributed by atoms with Crippen LogP contribution < -0.4 is 5.32 Å². The van der Waals surface area contributed by atoms with Gasteiger partial charge in [0.05, 0.1) is 15.7 Å². The van der Waals surface area contributed by atoms with Gasteiger partial charge in [-0.05, 0) is 54.4 Å². The van der Waals surface area contributed by atoms with Crippen LogP contribution >= 0.6 is 46.1 Å². The van der Waals surface area contributed by atoms with Gasteiger partial charge in [0.2, 0.25) is 5.89 Å². The molecule has 0 aliphatic carbocycles. The molecule has 0 aliphatic heterocycles. The predicted molar refractivity (Wildman–Crippen MR) is 134 cm³/mol. The van der Waals surface area contributed by atoms with Crippen LogP contribution in [0.3, 0.4) is 0 Å². The molecule has 8 heteroatoms. The van der Waals surface area contributed by atoms with Gasteiger partial charge in [-0.15, -0.1) is 11.3 Å². The molecule has 3 aromatic carbocycles. The summed E-state index contributed by atoms with van der Waals surface area (Å²) in [6.07, 6.45) is 0.918. The first-order chi connectivity index (χ1) is 15.4. The molecule has 0 saturated heterocycles. The van der Waals surface area contributed by atoms with E-state index in [1.54, 1.807) is 36.4 Å². The van der Waals surface area contributed by atoms with Gasteiger partial charge in [0.25, 0.3) is 5.91 Å². The molecule has 0 spiro atoms. The molecular weight excluding hydrogens is 487 g/mol. The zero-order valence-corrected chi connectivity index (χ0v) is 19.8. The average molecular weight is 502 g/mol. The standard InChI is InChI=1S/C24H15Cl3N2O2S/c1-2-12-3-8-19-18(9-12)29-24(31-19)13-4-7-16(26)17(10-13)28-23(30)22-21(27)15-6-5-14(25)11-20(15)32-22/h3-11H,2H2,1H3,(H,28,30). The van der Waals surface area contributed by atoms with E-state index in [0.717, 1.165) is 22.0 Å². The molecule has 2 heterocycles. The van der Waals surface area contributed by atoms with Crippen LogP contribution in [0, 0.1) is 0 Å². The lowest BCUT2D eigenvalue weighted by Gasteiger charge is -2.08. The number of halogens is 3. The number of carbonyl (C=O) groups excluding carboxylic acids is 1. The number of benzene rings is 3. The minimum Gasteiger partial charge on any atom is -0.436 e. The lowest BCUT2D eigenvalue weighted by molar-refractivity contribution is 0.103. The minimum absolute atomic E-state index is 0.350. The number of aromatic nitrogens is 1. The lowest BCUT2D eigenvalue weighted by atomic mass is 10.1. The van der Waals surface area contributed by atoms with Crippen LogP contribution in [0.4, 0.5) is 5.69 Å². The second-order valence-corrected chi connectivity index (χ2v) is 9.48. The van der Waals surface area contributed by atoms with Crippen LogP contribution in [0.2, 0.25) is 15.1 Å². The maximum absolute atomic E-state index is 13.0. The van der Waals surface area contributed by atoms with Crippen molar-refractivity contribution in [3.8, 4) is 11.5 Å². The zero-order valence-electron chi connectivity index (χ0n) is 16.7. The number of fused-ring (bicyclic) bond motifs is 2. The number of rotatable bonds is 4. The molecule has 1 N–H and O–H groups in total. The number of hydrogen-bond acceptors (Lipinski definition) is 4. The van der Waals surface area contributed by atoms with Gasteiger partial charge in [-0.2, -0.15) is 0 Å². The number of anilines is 1. The van der Waals surface area contributed by atoms with Crippen molar-refractivity contribution in [2.75, 3.05) is 5.32 Å². The molecule has 32 heavy (non-hydrogen) atoms. The van der Waals surface area contributed by atoms with Gasteiger partial charge < -0.3 is 9.73 Å². The van der Waals surface area contributed by atoms with E-state index in [0.29, 0.717) is 42.7 Å². The number of nitrogens with one attached hydrogen (secondary N) is 1. The largest absolute Gasteiger partial charge is 0.436 e. The van der Waals surface area contributed by atoms with E-state index >= 15 is 0 Å². The lowest BCUT2D eigenvalue weighted by Crippen LogP contribution is -2.11. The van der Waals surface area contributed by atoms with Crippen LogP contribution in [-0.4, -0.2) is 10.9 Å². The zero-order chi connectivity index (χ0) is 22.4. The Hall–Kier alpha value is -2.57. The van der Waals surface area contributed by atoms with Crippen LogP contribution in [0.25, 0.3) is 32.6 Å². The Morgan fingerprint density at radius 2 is 1.91 bits per heavy atom. The van der Waals surface area contributed by atoms with Crippen LogP contribution in [0.1, 0.15) is 22.2 Å². The Labute approximate surface area is 202 Å². The monoisotopic (exact) mass is 500 g/mol. The highest BCUT2D eigenvalue weighted by molar-refractivity contribution is 7.21. The molecule has 1 amide bonds. The fourth-order valence-corrected chi connectivity index (χ4v) is 5.29. The van der Waals surface area contributed by atoms with Crippen molar-refractivity contribution in [3.05, 3.63) is 80.1 Å². The molecule has 0 unspecified atom stereocenters. The smallest absolute Gasteiger partial charge is 0.267 e. The molecule has 0 atom stereocenters. The van der Waals surface area contributed by atoms with Gasteiger partial charge in [0.15, 0.2) is 5.58 Å². The van der Waals surface area contributed by atoms with Crippen molar-refractivity contribution >= 4 is 78.9 Å². The molecule has 0 fully saturated rings. The van der Waals surface area contributed by atoms with Crippen molar-refractivity contribution in [3.63, 3.8) is 0 Å². The third kappa shape index (κ3) is 3.86. The molecular formula is C24H15Cl3N2O2S. The van der Waals surface area contributed by atoms with Crippen molar-refractivity contribution < 1.29 is 9.21 Å². The number of thiophene rings is 1. The summed E-state index contributed by atoms with van der Waals surface area (Å²) in [6.45, 7) is 2.09. The summed E-state index contributed by atoms with van der Waals surface area (Å²) < 4.78 is 6.75. The highest BCUT2D eigenvalue weighted by Crippen LogP contribution is 2.38. The van der Waals surface area contributed by atoms with E-state index in [1.807, 2.05) is 18.2 Å². The van der Waals surface area contributed by atoms with E-state index in [4.69, 9.17) is 39.2 Å². The fraction of sp³-hybridized carbons (Fsp3) is 0.0833. The Morgan fingerprint density at radius 3 is 2.72 bits per heavy atom. The first kappa shape index (κ1) is 21.3. The number of nitrogens with zero attached hydrogens (tertiary/aromatic N) is 1. The summed E-state index contributed by atoms with van der Waals surface area (Å²) in [4.78, 5) is 18.0. The number of amides is 1. The van der Waals surface area contributed by atoms with Crippen molar-refractivity contribution in [2.45, 2.75) is 13.3 Å². The van der Waals surface area contributed by atoms with E-state index < -0.39 is 0 Å². The van der Waals surface area contributed by atoms with Gasteiger partial charge in [-0.1, -0.05) is 53.9 Å². The summed E-state index contributed by atoms with van der Waals surface area (Å²) in [5, 5.41) is 5.01. The topological polar surface area (TPSA) is 55.1 Å². The van der Waals surface area contributed by atoms with E-state index in [-0.39, 0.29) is 5.91 Å². The van der Waals surface area contributed by atoms with Crippen LogP contribution in [0.5, 0.6) is 0 Å². The number of carbonyl (C=O) groups is 1. The van der Waals surface area contributed by atoms with Gasteiger partial charge in [0, 0.05) is 20.7 Å². The molecule has 2 aromatic heterocycles. The van der Waals surface area contributed by atoms with Gasteiger partial charge in [0.1, 0.15) is 10.4 Å².